The van der Waals surface area contributed by atoms with Crippen LogP contribution < -0.4 is 5.32 Å². The van der Waals surface area contributed by atoms with Crippen LogP contribution in [0.1, 0.15) is 29.9 Å². The molecule has 0 saturated heterocycles. The maximum Gasteiger partial charge on any atom is 0.435 e. The molecule has 11 heteroatoms. The molecule has 2 aromatic heterocycles. The van der Waals surface area contributed by atoms with Gasteiger partial charge in [-0.1, -0.05) is 17.7 Å². The molecule has 0 radical (unpaired) electrons. The fourth-order valence-electron chi connectivity index (χ4n) is 2.72. The first kappa shape index (κ1) is 20.8. The zero-order chi connectivity index (χ0) is 21.3. The number of hydrogen-bond donors (Lipinski definition) is 1. The molecule has 0 fully saturated rings. The summed E-state index contributed by atoms with van der Waals surface area (Å²) in [6, 6.07) is 3.90. The quantitative estimate of drug-likeness (QED) is 0.609. The van der Waals surface area contributed by atoms with E-state index < -0.39 is 29.6 Å². The van der Waals surface area contributed by atoms with Crippen LogP contribution in [0.25, 0.3) is 0 Å². The van der Waals surface area contributed by atoms with E-state index in [2.05, 4.69) is 15.5 Å². The Bertz CT molecular complexity index is 1040. The average molecular weight is 430 g/mol. The third-order valence-electron chi connectivity index (χ3n) is 4.21. The minimum absolute atomic E-state index is 0.210. The van der Waals surface area contributed by atoms with Crippen LogP contribution in [0.3, 0.4) is 0 Å². The molecule has 0 aliphatic heterocycles. The van der Waals surface area contributed by atoms with Crippen molar-refractivity contribution in [2.75, 3.05) is 5.32 Å². The molecule has 0 aliphatic carbocycles. The van der Waals surface area contributed by atoms with Crippen molar-refractivity contribution in [3.8, 4) is 0 Å². The second kappa shape index (κ2) is 7.86. The number of aromatic nitrogens is 4. The van der Waals surface area contributed by atoms with Crippen LogP contribution in [-0.2, 0) is 17.5 Å². The highest BCUT2D eigenvalue weighted by atomic mass is 35.5. The minimum Gasteiger partial charge on any atom is -0.322 e. The first-order valence-corrected chi connectivity index (χ1v) is 8.83. The summed E-state index contributed by atoms with van der Waals surface area (Å²) >= 11 is 5.99. The second-order valence-electron chi connectivity index (χ2n) is 6.44. The molecule has 1 N–H and O–H groups in total. The van der Waals surface area contributed by atoms with Gasteiger partial charge in [-0.2, -0.15) is 23.4 Å². The van der Waals surface area contributed by atoms with Gasteiger partial charge in [0.05, 0.1) is 18.4 Å². The smallest absolute Gasteiger partial charge is 0.322 e. The van der Waals surface area contributed by atoms with Gasteiger partial charge in [0.2, 0.25) is 5.91 Å². The number of alkyl halides is 3. The summed E-state index contributed by atoms with van der Waals surface area (Å²) in [6.07, 6.45) is -1.67. The van der Waals surface area contributed by atoms with Crippen LogP contribution in [0.15, 0.2) is 36.7 Å². The van der Waals surface area contributed by atoms with Gasteiger partial charge in [-0.05, 0) is 37.6 Å². The van der Waals surface area contributed by atoms with Gasteiger partial charge in [0, 0.05) is 16.9 Å². The number of carbonyl (C=O) groups is 1. The van der Waals surface area contributed by atoms with Crippen molar-refractivity contribution < 1.29 is 22.4 Å². The van der Waals surface area contributed by atoms with E-state index in [0.29, 0.717) is 11.3 Å². The highest BCUT2D eigenvalue weighted by Gasteiger charge is 2.35. The van der Waals surface area contributed by atoms with Crippen molar-refractivity contribution >= 4 is 23.2 Å². The topological polar surface area (TPSA) is 64.7 Å². The van der Waals surface area contributed by atoms with Crippen LogP contribution in [0.4, 0.5) is 23.2 Å². The second-order valence-corrected chi connectivity index (χ2v) is 6.85. The summed E-state index contributed by atoms with van der Waals surface area (Å²) in [5.41, 5.74) is 0.135. The van der Waals surface area contributed by atoms with Gasteiger partial charge in [-0.25, -0.2) is 4.39 Å². The van der Waals surface area contributed by atoms with E-state index in [1.807, 2.05) is 0 Å². The van der Waals surface area contributed by atoms with Gasteiger partial charge >= 0.3 is 6.18 Å². The van der Waals surface area contributed by atoms with E-state index in [1.54, 1.807) is 0 Å². The molecular formula is C18H16ClF4N5O. The first-order chi connectivity index (χ1) is 13.5. The van der Waals surface area contributed by atoms with Crippen LogP contribution in [-0.4, -0.2) is 25.5 Å². The normalized spacial score (nSPS) is 12.8. The zero-order valence-electron chi connectivity index (χ0n) is 15.3. The van der Waals surface area contributed by atoms with Crippen molar-refractivity contribution in [1.82, 2.24) is 19.6 Å². The standard InChI is InChI=1S/C18H16ClF4N5O/c1-10-5-16(18(21,22)23)26-28(10)11(2)17(29)25-14-7-24-27(9-14)8-12-3-4-13(20)6-15(12)19/h3-7,9,11H,8H2,1-2H3,(H,25,29). The molecule has 29 heavy (non-hydrogen) atoms. The molecule has 1 amide bonds. The number of carbonyl (C=O) groups excluding carboxylic acids is 1. The summed E-state index contributed by atoms with van der Waals surface area (Å²) in [5.74, 6) is -1.01. The number of benzene rings is 1. The number of anilines is 1. The number of amides is 1. The van der Waals surface area contributed by atoms with Crippen molar-refractivity contribution in [1.29, 1.82) is 0 Å². The van der Waals surface area contributed by atoms with Gasteiger partial charge < -0.3 is 5.32 Å². The molecule has 0 saturated carbocycles. The van der Waals surface area contributed by atoms with Crippen LogP contribution in [0.5, 0.6) is 0 Å². The average Bonchev–Trinajstić information content (AvgIpc) is 3.23. The Hall–Kier alpha value is -2.88. The van der Waals surface area contributed by atoms with E-state index in [4.69, 9.17) is 11.6 Å². The lowest BCUT2D eigenvalue weighted by Crippen LogP contribution is -2.25. The predicted molar refractivity (Wildman–Crippen MR) is 98.0 cm³/mol. The Morgan fingerprint density at radius 1 is 1.31 bits per heavy atom. The maximum absolute atomic E-state index is 13.1. The molecule has 1 aromatic carbocycles. The molecule has 3 aromatic rings. The van der Waals surface area contributed by atoms with Gasteiger partial charge in [0.25, 0.3) is 0 Å². The molecule has 6 nitrogen and oxygen atoms in total. The number of nitrogens with zero attached hydrogens (tertiary/aromatic N) is 4. The number of aryl methyl sites for hydroxylation is 1. The van der Waals surface area contributed by atoms with E-state index >= 15 is 0 Å². The van der Waals surface area contributed by atoms with E-state index in [0.717, 1.165) is 10.7 Å². The molecule has 1 atom stereocenters. The third-order valence-corrected chi connectivity index (χ3v) is 4.56. The van der Waals surface area contributed by atoms with Crippen molar-refractivity contribution in [3.63, 3.8) is 0 Å². The summed E-state index contributed by atoms with van der Waals surface area (Å²) in [5, 5.41) is 10.4. The number of nitrogens with one attached hydrogen (secondary N) is 1. The minimum atomic E-state index is -4.59. The molecule has 0 aliphatic rings. The lowest BCUT2D eigenvalue weighted by Gasteiger charge is -2.13. The van der Waals surface area contributed by atoms with E-state index in [1.165, 1.54) is 49.1 Å². The molecule has 2 heterocycles. The van der Waals surface area contributed by atoms with Crippen LogP contribution in [0.2, 0.25) is 5.02 Å². The van der Waals surface area contributed by atoms with Gasteiger partial charge in [0.15, 0.2) is 5.69 Å². The summed E-state index contributed by atoms with van der Waals surface area (Å²) < 4.78 is 54.0. The van der Waals surface area contributed by atoms with Gasteiger partial charge in [-0.3, -0.25) is 14.2 Å². The highest BCUT2D eigenvalue weighted by Crippen LogP contribution is 2.29. The van der Waals surface area contributed by atoms with E-state index in [9.17, 15) is 22.4 Å². The molecule has 3 rings (SSSR count). The molecule has 1 unspecified atom stereocenters. The summed E-state index contributed by atoms with van der Waals surface area (Å²) in [7, 11) is 0. The Labute approximate surface area is 168 Å². The fraction of sp³-hybridized carbons (Fsp3) is 0.278. The number of hydrogen-bond acceptors (Lipinski definition) is 3. The summed E-state index contributed by atoms with van der Waals surface area (Å²) in [4.78, 5) is 12.4. The highest BCUT2D eigenvalue weighted by molar-refractivity contribution is 6.31. The van der Waals surface area contributed by atoms with Gasteiger partial charge in [-0.15, -0.1) is 0 Å². The van der Waals surface area contributed by atoms with Crippen molar-refractivity contribution in [3.05, 3.63) is 64.5 Å². The van der Waals surface area contributed by atoms with E-state index in [-0.39, 0.29) is 17.3 Å². The van der Waals surface area contributed by atoms with Crippen LogP contribution in [0, 0.1) is 12.7 Å². The Balaban J connectivity index is 1.69. The van der Waals surface area contributed by atoms with Crippen LogP contribution >= 0.6 is 11.6 Å². The fourth-order valence-corrected chi connectivity index (χ4v) is 2.94. The predicted octanol–water partition coefficient (Wildman–Crippen LogP) is 4.45. The third kappa shape index (κ3) is 4.76. The Morgan fingerprint density at radius 3 is 2.66 bits per heavy atom. The zero-order valence-corrected chi connectivity index (χ0v) is 16.1. The molecular weight excluding hydrogens is 414 g/mol. The maximum atomic E-state index is 13.1. The summed E-state index contributed by atoms with van der Waals surface area (Å²) in [6.45, 7) is 3.13. The lowest BCUT2D eigenvalue weighted by atomic mass is 10.2. The molecule has 154 valence electrons. The molecule has 0 spiro atoms. The monoisotopic (exact) mass is 429 g/mol. The van der Waals surface area contributed by atoms with Crippen molar-refractivity contribution in [2.24, 2.45) is 0 Å². The molecule has 0 bridgehead atoms. The largest absolute Gasteiger partial charge is 0.435 e. The number of halogens is 5. The first-order valence-electron chi connectivity index (χ1n) is 8.45. The lowest BCUT2D eigenvalue weighted by molar-refractivity contribution is -0.141. The van der Waals surface area contributed by atoms with Gasteiger partial charge in [0.1, 0.15) is 11.9 Å². The Morgan fingerprint density at radius 2 is 2.03 bits per heavy atom. The Kier molecular flexibility index (Phi) is 5.65. The SMILES string of the molecule is Cc1cc(C(F)(F)F)nn1C(C)C(=O)Nc1cnn(Cc2ccc(F)cc2Cl)c1. The number of rotatable bonds is 5. The van der Waals surface area contributed by atoms with Crippen molar-refractivity contribution in [2.45, 2.75) is 32.6 Å².